The van der Waals surface area contributed by atoms with E-state index in [0.717, 1.165) is 30.7 Å². The van der Waals surface area contributed by atoms with E-state index < -0.39 is 0 Å². The van der Waals surface area contributed by atoms with Crippen molar-refractivity contribution in [1.82, 2.24) is 4.90 Å². The molecule has 5 heteroatoms. The summed E-state index contributed by atoms with van der Waals surface area (Å²) in [5.74, 6) is 0. The molecule has 0 saturated carbocycles. The van der Waals surface area contributed by atoms with Crippen molar-refractivity contribution in [3.63, 3.8) is 0 Å². The first-order valence-electron chi connectivity index (χ1n) is 4.93. The lowest BCUT2D eigenvalue weighted by molar-refractivity contribution is 0.288. The molecule has 0 unspecified atom stereocenters. The Kier molecular flexibility index (Phi) is 12.0. The minimum atomic E-state index is 0. The number of benzene rings is 1. The van der Waals surface area contributed by atoms with Crippen LogP contribution in [0.3, 0.4) is 0 Å². The van der Waals surface area contributed by atoms with E-state index in [9.17, 15) is 0 Å². The zero-order valence-corrected chi connectivity index (χ0v) is 12.6. The number of hydrogen-bond donors (Lipinski definition) is 1. The SMILES string of the molecule is CCN(CCN)Cc1cccc(Br)c1.Cl.Cl. The number of hydrogen-bond acceptors (Lipinski definition) is 2. The van der Waals surface area contributed by atoms with Gasteiger partial charge in [-0.15, -0.1) is 24.8 Å². The van der Waals surface area contributed by atoms with Gasteiger partial charge in [0.05, 0.1) is 0 Å². The summed E-state index contributed by atoms with van der Waals surface area (Å²) < 4.78 is 1.14. The molecule has 2 N–H and O–H groups in total. The van der Waals surface area contributed by atoms with Gasteiger partial charge in [-0.2, -0.15) is 0 Å². The van der Waals surface area contributed by atoms with Crippen LogP contribution in [0.25, 0.3) is 0 Å². The van der Waals surface area contributed by atoms with Crippen LogP contribution in [-0.4, -0.2) is 24.5 Å². The predicted octanol–water partition coefficient (Wildman–Crippen LogP) is 3.07. The molecule has 0 aliphatic rings. The summed E-state index contributed by atoms with van der Waals surface area (Å²) in [7, 11) is 0. The highest BCUT2D eigenvalue weighted by Crippen LogP contribution is 2.13. The van der Waals surface area contributed by atoms with Gasteiger partial charge >= 0.3 is 0 Å². The molecule has 0 aromatic heterocycles. The van der Waals surface area contributed by atoms with E-state index in [2.05, 4.69) is 46.0 Å². The maximum atomic E-state index is 5.54. The van der Waals surface area contributed by atoms with Gasteiger partial charge in [-0.3, -0.25) is 4.90 Å². The molecule has 0 fully saturated rings. The van der Waals surface area contributed by atoms with Crippen molar-refractivity contribution in [3.8, 4) is 0 Å². The lowest BCUT2D eigenvalue weighted by Crippen LogP contribution is -2.28. The Bertz CT molecular complexity index is 284. The monoisotopic (exact) mass is 328 g/mol. The molecule has 1 aromatic carbocycles. The number of likely N-dealkylation sites (N-methyl/N-ethyl adjacent to an activating group) is 1. The fourth-order valence-electron chi connectivity index (χ4n) is 1.43. The van der Waals surface area contributed by atoms with E-state index in [1.807, 2.05) is 6.07 Å². The Morgan fingerprint density at radius 1 is 1.31 bits per heavy atom. The molecule has 0 atom stereocenters. The number of rotatable bonds is 5. The quantitative estimate of drug-likeness (QED) is 0.899. The van der Waals surface area contributed by atoms with Crippen molar-refractivity contribution in [2.24, 2.45) is 5.73 Å². The highest BCUT2D eigenvalue weighted by molar-refractivity contribution is 9.10. The Morgan fingerprint density at radius 2 is 2.00 bits per heavy atom. The second kappa shape index (κ2) is 10.4. The van der Waals surface area contributed by atoms with E-state index in [0.29, 0.717) is 0 Å². The van der Waals surface area contributed by atoms with Gasteiger partial charge in [-0.1, -0.05) is 35.0 Å². The highest BCUT2D eigenvalue weighted by Gasteiger charge is 2.02. The van der Waals surface area contributed by atoms with E-state index in [-0.39, 0.29) is 24.8 Å². The van der Waals surface area contributed by atoms with E-state index in [4.69, 9.17) is 5.73 Å². The Hall–Kier alpha value is 0.200. The minimum Gasteiger partial charge on any atom is -0.329 e. The zero-order valence-electron chi connectivity index (χ0n) is 9.36. The van der Waals surface area contributed by atoms with Crippen LogP contribution in [0.15, 0.2) is 28.7 Å². The Labute approximate surface area is 119 Å². The summed E-state index contributed by atoms with van der Waals surface area (Å²) >= 11 is 3.47. The van der Waals surface area contributed by atoms with Crippen LogP contribution < -0.4 is 5.73 Å². The highest BCUT2D eigenvalue weighted by atomic mass is 79.9. The molecule has 1 rings (SSSR count). The summed E-state index contributed by atoms with van der Waals surface area (Å²) in [6, 6.07) is 8.40. The fraction of sp³-hybridized carbons (Fsp3) is 0.455. The molecule has 0 heterocycles. The normalized spacial score (nSPS) is 9.50. The van der Waals surface area contributed by atoms with Crippen LogP contribution >= 0.6 is 40.7 Å². The standard InChI is InChI=1S/C11H17BrN2.2ClH/c1-2-14(7-6-13)9-10-4-3-5-11(12)8-10;;/h3-5,8H,2,6-7,9,13H2,1H3;2*1H. The molecule has 16 heavy (non-hydrogen) atoms. The maximum absolute atomic E-state index is 5.54. The fourth-order valence-corrected chi connectivity index (χ4v) is 1.87. The summed E-state index contributed by atoms with van der Waals surface area (Å²) in [5.41, 5.74) is 6.87. The molecule has 2 nitrogen and oxygen atoms in total. The van der Waals surface area contributed by atoms with Crippen molar-refractivity contribution >= 4 is 40.7 Å². The summed E-state index contributed by atoms with van der Waals surface area (Å²) in [4.78, 5) is 2.34. The predicted molar refractivity (Wildman–Crippen MR) is 78.6 cm³/mol. The van der Waals surface area contributed by atoms with Crippen LogP contribution in [0.5, 0.6) is 0 Å². The minimum absolute atomic E-state index is 0. The second-order valence-electron chi connectivity index (χ2n) is 3.29. The first kappa shape index (κ1) is 18.6. The molecular formula is C11H19BrCl2N2. The number of nitrogens with zero attached hydrogens (tertiary/aromatic N) is 1. The van der Waals surface area contributed by atoms with Crippen LogP contribution in [0.2, 0.25) is 0 Å². The van der Waals surface area contributed by atoms with E-state index >= 15 is 0 Å². The molecule has 0 saturated heterocycles. The molecular weight excluding hydrogens is 311 g/mol. The van der Waals surface area contributed by atoms with E-state index in [1.165, 1.54) is 5.56 Å². The summed E-state index contributed by atoms with van der Waals surface area (Å²) in [6.45, 7) is 5.87. The molecule has 0 bridgehead atoms. The smallest absolute Gasteiger partial charge is 0.0234 e. The molecule has 0 amide bonds. The van der Waals surface area contributed by atoms with Gasteiger partial charge in [0, 0.05) is 24.1 Å². The van der Waals surface area contributed by atoms with Crippen LogP contribution in [0.4, 0.5) is 0 Å². The van der Waals surface area contributed by atoms with Crippen molar-refractivity contribution in [2.45, 2.75) is 13.5 Å². The van der Waals surface area contributed by atoms with E-state index in [1.54, 1.807) is 0 Å². The molecule has 1 aromatic rings. The second-order valence-corrected chi connectivity index (χ2v) is 4.20. The third-order valence-corrected chi connectivity index (χ3v) is 2.68. The van der Waals surface area contributed by atoms with Crippen LogP contribution in [0.1, 0.15) is 12.5 Å². The largest absolute Gasteiger partial charge is 0.329 e. The first-order chi connectivity index (χ1) is 6.76. The maximum Gasteiger partial charge on any atom is 0.0234 e. The number of nitrogens with two attached hydrogens (primary N) is 1. The summed E-state index contributed by atoms with van der Waals surface area (Å²) in [5, 5.41) is 0. The Morgan fingerprint density at radius 3 is 2.50 bits per heavy atom. The van der Waals surface area contributed by atoms with Crippen LogP contribution in [-0.2, 0) is 6.54 Å². The van der Waals surface area contributed by atoms with Gasteiger partial charge in [0.25, 0.3) is 0 Å². The van der Waals surface area contributed by atoms with Gasteiger partial charge in [0.1, 0.15) is 0 Å². The summed E-state index contributed by atoms with van der Waals surface area (Å²) in [6.07, 6.45) is 0. The topological polar surface area (TPSA) is 29.3 Å². The van der Waals surface area contributed by atoms with Gasteiger partial charge in [-0.25, -0.2) is 0 Å². The van der Waals surface area contributed by atoms with Gasteiger partial charge in [-0.05, 0) is 24.2 Å². The molecule has 0 radical (unpaired) electrons. The van der Waals surface area contributed by atoms with Crippen molar-refractivity contribution in [2.75, 3.05) is 19.6 Å². The van der Waals surface area contributed by atoms with Gasteiger partial charge in [0.2, 0.25) is 0 Å². The third-order valence-electron chi connectivity index (χ3n) is 2.19. The molecule has 0 spiro atoms. The molecule has 94 valence electrons. The average Bonchev–Trinajstić information content (AvgIpc) is 2.17. The van der Waals surface area contributed by atoms with Crippen LogP contribution in [0, 0.1) is 0 Å². The third kappa shape index (κ3) is 6.71. The van der Waals surface area contributed by atoms with Crippen molar-refractivity contribution in [1.29, 1.82) is 0 Å². The van der Waals surface area contributed by atoms with Crippen molar-refractivity contribution in [3.05, 3.63) is 34.3 Å². The number of halogens is 3. The molecule has 0 aliphatic heterocycles. The molecule has 0 aliphatic carbocycles. The van der Waals surface area contributed by atoms with Crippen molar-refractivity contribution < 1.29 is 0 Å². The average molecular weight is 330 g/mol. The lowest BCUT2D eigenvalue weighted by atomic mass is 10.2. The zero-order chi connectivity index (χ0) is 10.4. The first-order valence-corrected chi connectivity index (χ1v) is 5.72. The lowest BCUT2D eigenvalue weighted by Gasteiger charge is -2.19. The Balaban J connectivity index is 0. The van der Waals surface area contributed by atoms with Gasteiger partial charge < -0.3 is 5.73 Å². The van der Waals surface area contributed by atoms with Gasteiger partial charge in [0.15, 0.2) is 0 Å².